The molecule has 0 aliphatic carbocycles. The van der Waals surface area contributed by atoms with Crippen LogP contribution in [0.1, 0.15) is 17.0 Å². The van der Waals surface area contributed by atoms with Gasteiger partial charge in [-0.15, -0.1) is 0 Å². The second kappa shape index (κ2) is 7.35. The maximum absolute atomic E-state index is 12.5. The van der Waals surface area contributed by atoms with Crippen LogP contribution in [0.25, 0.3) is 0 Å². The van der Waals surface area contributed by atoms with Gasteiger partial charge in [-0.1, -0.05) is 23.7 Å². The highest BCUT2D eigenvalue weighted by molar-refractivity contribution is 7.92. The number of anilines is 2. The molecule has 2 aromatic heterocycles. The van der Waals surface area contributed by atoms with Gasteiger partial charge in [-0.25, -0.2) is 13.4 Å². The van der Waals surface area contributed by atoms with Crippen LogP contribution in [-0.4, -0.2) is 23.6 Å². The topological polar surface area (TPSA) is 99.8 Å². The number of nitrogens with one attached hydrogen (secondary N) is 3. The van der Waals surface area contributed by atoms with Gasteiger partial charge in [-0.2, -0.15) is 5.10 Å². The third-order valence-electron chi connectivity index (χ3n) is 3.74. The fourth-order valence-corrected chi connectivity index (χ4v) is 4.00. The average Bonchev–Trinajstić information content (AvgIpc) is 2.95. The Kier molecular flexibility index (Phi) is 5.15. The van der Waals surface area contributed by atoms with Crippen molar-refractivity contribution in [2.24, 2.45) is 0 Å². The van der Waals surface area contributed by atoms with E-state index in [1.807, 2.05) is 24.3 Å². The molecule has 0 atom stereocenters. The van der Waals surface area contributed by atoms with Gasteiger partial charge in [0.2, 0.25) is 0 Å². The number of H-pyrrole nitrogens is 1. The number of hydrogen-bond acceptors (Lipinski definition) is 5. The first kappa shape index (κ1) is 18.2. The lowest BCUT2D eigenvalue weighted by Gasteiger charge is -2.09. The van der Waals surface area contributed by atoms with Crippen LogP contribution in [0, 0.1) is 13.8 Å². The molecule has 7 nitrogen and oxygen atoms in total. The van der Waals surface area contributed by atoms with Crippen molar-refractivity contribution in [2.45, 2.75) is 25.3 Å². The highest BCUT2D eigenvalue weighted by Gasteiger charge is 2.22. The second-order valence-electron chi connectivity index (χ2n) is 5.78. The molecule has 0 fully saturated rings. The first-order chi connectivity index (χ1) is 12.3. The summed E-state index contributed by atoms with van der Waals surface area (Å²) in [7, 11) is -3.74. The summed E-state index contributed by atoms with van der Waals surface area (Å²) in [5, 5.41) is 10.5. The number of pyridine rings is 1. The minimum Gasteiger partial charge on any atom is -0.380 e. The van der Waals surface area contributed by atoms with Gasteiger partial charge in [0.05, 0.1) is 23.3 Å². The maximum Gasteiger partial charge on any atom is 0.266 e. The minimum absolute atomic E-state index is 0.143. The molecule has 0 saturated heterocycles. The molecule has 0 aliphatic heterocycles. The molecular weight excluding hydrogens is 374 g/mol. The predicted octanol–water partition coefficient (Wildman–Crippen LogP) is 3.49. The summed E-state index contributed by atoms with van der Waals surface area (Å²) in [6.07, 6.45) is 1.57. The van der Waals surface area contributed by atoms with Crippen molar-refractivity contribution < 1.29 is 8.42 Å². The Labute approximate surface area is 156 Å². The number of aromatic amines is 1. The van der Waals surface area contributed by atoms with Crippen LogP contribution in [0.3, 0.4) is 0 Å². The van der Waals surface area contributed by atoms with E-state index < -0.39 is 10.0 Å². The van der Waals surface area contributed by atoms with Crippen LogP contribution >= 0.6 is 11.6 Å². The first-order valence-corrected chi connectivity index (χ1v) is 9.70. The summed E-state index contributed by atoms with van der Waals surface area (Å²) >= 11 is 5.86. The van der Waals surface area contributed by atoms with Gasteiger partial charge >= 0.3 is 0 Å². The second-order valence-corrected chi connectivity index (χ2v) is 7.84. The number of halogens is 1. The van der Waals surface area contributed by atoms with Crippen LogP contribution in [0.2, 0.25) is 5.02 Å². The zero-order chi connectivity index (χ0) is 18.7. The molecular formula is C17H18ClN5O2S. The van der Waals surface area contributed by atoms with Crippen molar-refractivity contribution in [1.82, 2.24) is 15.2 Å². The largest absolute Gasteiger partial charge is 0.380 e. The molecule has 3 rings (SSSR count). The van der Waals surface area contributed by atoms with Gasteiger partial charge in [0.25, 0.3) is 10.0 Å². The zero-order valence-corrected chi connectivity index (χ0v) is 15.8. The molecule has 3 N–H and O–H groups in total. The van der Waals surface area contributed by atoms with E-state index in [4.69, 9.17) is 11.6 Å². The molecule has 0 amide bonds. The summed E-state index contributed by atoms with van der Waals surface area (Å²) in [5.41, 5.74) is 2.75. The lowest BCUT2D eigenvalue weighted by molar-refractivity contribution is 0.600. The van der Waals surface area contributed by atoms with Crippen molar-refractivity contribution in [1.29, 1.82) is 0 Å². The lowest BCUT2D eigenvalue weighted by atomic mass is 10.2. The van der Waals surface area contributed by atoms with Crippen molar-refractivity contribution in [2.75, 3.05) is 10.0 Å². The first-order valence-electron chi connectivity index (χ1n) is 7.84. The normalized spacial score (nSPS) is 11.3. The number of sulfonamides is 1. The van der Waals surface area contributed by atoms with Gasteiger partial charge in [0, 0.05) is 11.6 Å². The van der Waals surface area contributed by atoms with Crippen molar-refractivity contribution in [3.05, 3.63) is 64.6 Å². The molecule has 136 valence electrons. The number of rotatable bonds is 6. The van der Waals surface area contributed by atoms with Gasteiger partial charge in [0.15, 0.2) is 0 Å². The van der Waals surface area contributed by atoms with Gasteiger partial charge < -0.3 is 5.32 Å². The van der Waals surface area contributed by atoms with E-state index in [-0.39, 0.29) is 10.7 Å². The smallest absolute Gasteiger partial charge is 0.266 e. The summed E-state index contributed by atoms with van der Waals surface area (Å²) in [6, 6.07) is 10.9. The highest BCUT2D eigenvalue weighted by Crippen LogP contribution is 2.20. The summed E-state index contributed by atoms with van der Waals surface area (Å²) in [5.74, 6) is 0.238. The molecule has 0 radical (unpaired) electrons. The molecule has 0 aliphatic rings. The summed E-state index contributed by atoms with van der Waals surface area (Å²) in [6.45, 7) is 3.90. The molecule has 3 aromatic rings. The Morgan fingerprint density at radius 1 is 1.12 bits per heavy atom. The molecule has 0 bridgehead atoms. The van der Waals surface area contributed by atoms with E-state index in [9.17, 15) is 8.42 Å². The molecule has 0 unspecified atom stereocenters. The zero-order valence-electron chi connectivity index (χ0n) is 14.2. The van der Waals surface area contributed by atoms with Gasteiger partial charge in [-0.3, -0.25) is 9.82 Å². The third-order valence-corrected chi connectivity index (χ3v) is 5.61. The number of hydrogen-bond donors (Lipinski definition) is 3. The van der Waals surface area contributed by atoms with E-state index in [2.05, 4.69) is 25.2 Å². The number of nitrogens with zero attached hydrogens (tertiary/aromatic N) is 2. The minimum atomic E-state index is -3.74. The van der Waals surface area contributed by atoms with E-state index in [0.717, 1.165) is 11.3 Å². The number of benzene rings is 1. The number of aryl methyl sites for hydroxylation is 2. The monoisotopic (exact) mass is 391 g/mol. The van der Waals surface area contributed by atoms with Gasteiger partial charge in [-0.05, 0) is 43.7 Å². The van der Waals surface area contributed by atoms with Crippen LogP contribution < -0.4 is 10.0 Å². The Morgan fingerprint density at radius 3 is 2.42 bits per heavy atom. The Bertz CT molecular complexity index is 979. The van der Waals surface area contributed by atoms with Crippen LogP contribution in [-0.2, 0) is 16.6 Å². The molecule has 26 heavy (non-hydrogen) atoms. The Morgan fingerprint density at radius 2 is 1.85 bits per heavy atom. The SMILES string of the molecule is Cc1n[nH]c(C)c1S(=O)(=O)Nc1ccc(NCc2ccc(Cl)cc2)cn1. The standard InChI is InChI=1S/C17H18ClN5O2S/c1-11-17(12(2)22-21-11)26(24,25)23-16-8-7-15(10-20-16)19-9-13-3-5-14(18)6-4-13/h3-8,10,19H,9H2,1-2H3,(H,20,23)(H,21,22). The van der Waals surface area contributed by atoms with Crippen LogP contribution in [0.4, 0.5) is 11.5 Å². The molecule has 9 heteroatoms. The fourth-order valence-electron chi connectivity index (χ4n) is 2.49. The molecule has 0 saturated carbocycles. The van der Waals surface area contributed by atoms with Crippen molar-refractivity contribution >= 4 is 33.1 Å². The Balaban J connectivity index is 1.67. The van der Waals surface area contributed by atoms with Gasteiger partial charge in [0.1, 0.15) is 10.7 Å². The van der Waals surface area contributed by atoms with E-state index in [1.165, 1.54) is 0 Å². The fraction of sp³-hybridized carbons (Fsp3) is 0.176. The molecule has 2 heterocycles. The highest BCUT2D eigenvalue weighted by atomic mass is 35.5. The van der Waals surface area contributed by atoms with Crippen molar-refractivity contribution in [3.63, 3.8) is 0 Å². The summed E-state index contributed by atoms with van der Waals surface area (Å²) < 4.78 is 27.4. The average molecular weight is 392 g/mol. The molecule has 0 spiro atoms. The summed E-state index contributed by atoms with van der Waals surface area (Å²) in [4.78, 5) is 4.30. The van der Waals surface area contributed by atoms with E-state index in [1.54, 1.807) is 32.2 Å². The van der Waals surface area contributed by atoms with Crippen LogP contribution in [0.5, 0.6) is 0 Å². The maximum atomic E-state index is 12.5. The van der Waals surface area contributed by atoms with E-state index in [0.29, 0.717) is 23.0 Å². The molecule has 1 aromatic carbocycles. The van der Waals surface area contributed by atoms with E-state index >= 15 is 0 Å². The third kappa shape index (κ3) is 4.14. The lowest BCUT2D eigenvalue weighted by Crippen LogP contribution is -2.15. The van der Waals surface area contributed by atoms with Crippen LogP contribution in [0.15, 0.2) is 47.5 Å². The van der Waals surface area contributed by atoms with Crippen molar-refractivity contribution in [3.8, 4) is 0 Å². The number of aromatic nitrogens is 3. The Hall–Kier alpha value is -2.58. The predicted molar refractivity (Wildman–Crippen MR) is 102 cm³/mol. The quantitative estimate of drug-likeness (QED) is 0.597.